The Morgan fingerprint density at radius 3 is 2.50 bits per heavy atom. The van der Waals surface area contributed by atoms with Crippen LogP contribution < -0.4 is 10.6 Å². The van der Waals surface area contributed by atoms with Gasteiger partial charge >= 0.3 is 0 Å². The number of thiazole rings is 1. The summed E-state index contributed by atoms with van der Waals surface area (Å²) < 4.78 is 1.01. The van der Waals surface area contributed by atoms with E-state index in [0.29, 0.717) is 22.9 Å². The summed E-state index contributed by atoms with van der Waals surface area (Å²) in [7, 11) is 0. The van der Waals surface area contributed by atoms with Gasteiger partial charge in [-0.25, -0.2) is 4.98 Å². The van der Waals surface area contributed by atoms with Crippen LogP contribution in [0.2, 0.25) is 0 Å². The first-order valence-electron chi connectivity index (χ1n) is 9.78. The molecule has 0 spiro atoms. The molecule has 7 nitrogen and oxygen atoms in total. The summed E-state index contributed by atoms with van der Waals surface area (Å²) in [6.45, 7) is 4.32. The van der Waals surface area contributed by atoms with Crippen molar-refractivity contribution < 1.29 is 14.4 Å². The summed E-state index contributed by atoms with van der Waals surface area (Å²) in [6.07, 6.45) is 0.229. The van der Waals surface area contributed by atoms with Crippen LogP contribution in [0.3, 0.4) is 0 Å². The normalized spacial score (nSPS) is 16.3. The van der Waals surface area contributed by atoms with Crippen LogP contribution in [-0.2, 0) is 9.59 Å². The Kier molecular flexibility index (Phi) is 5.50. The second-order valence-corrected chi connectivity index (χ2v) is 8.58. The maximum atomic E-state index is 12.5. The molecule has 3 amide bonds. The van der Waals surface area contributed by atoms with Crippen LogP contribution in [0.4, 0.5) is 10.8 Å². The zero-order chi connectivity index (χ0) is 21.3. The van der Waals surface area contributed by atoms with Crippen LogP contribution >= 0.6 is 11.3 Å². The third kappa shape index (κ3) is 4.18. The van der Waals surface area contributed by atoms with E-state index in [2.05, 4.69) is 15.6 Å². The van der Waals surface area contributed by atoms with E-state index in [-0.39, 0.29) is 36.1 Å². The summed E-state index contributed by atoms with van der Waals surface area (Å²) in [6, 6.07) is 14.4. The Hall–Kier alpha value is -3.26. The molecule has 1 aromatic heterocycles. The molecule has 4 rings (SSSR count). The molecule has 1 unspecified atom stereocenters. The molecule has 1 atom stereocenters. The fraction of sp³-hybridized carbons (Fsp3) is 0.273. The van der Waals surface area contributed by atoms with Gasteiger partial charge in [0.15, 0.2) is 5.13 Å². The second kappa shape index (κ2) is 8.23. The van der Waals surface area contributed by atoms with Crippen LogP contribution in [0.1, 0.15) is 30.6 Å². The van der Waals surface area contributed by atoms with Gasteiger partial charge < -0.3 is 10.2 Å². The highest BCUT2D eigenvalue weighted by molar-refractivity contribution is 7.22. The molecule has 3 aromatic rings. The number of benzene rings is 2. The predicted molar refractivity (Wildman–Crippen MR) is 118 cm³/mol. The largest absolute Gasteiger partial charge is 0.339 e. The van der Waals surface area contributed by atoms with Crippen LogP contribution in [0.25, 0.3) is 10.2 Å². The summed E-state index contributed by atoms with van der Waals surface area (Å²) in [5.41, 5.74) is 1.90. The van der Waals surface area contributed by atoms with Gasteiger partial charge in [-0.05, 0) is 50.2 Å². The second-order valence-electron chi connectivity index (χ2n) is 7.55. The lowest BCUT2D eigenvalue weighted by molar-refractivity contribution is -0.129. The van der Waals surface area contributed by atoms with Gasteiger partial charge in [0.25, 0.3) is 5.91 Å². The molecule has 8 heteroatoms. The molecule has 1 aliphatic heterocycles. The van der Waals surface area contributed by atoms with E-state index >= 15 is 0 Å². The van der Waals surface area contributed by atoms with Gasteiger partial charge in [0.2, 0.25) is 11.8 Å². The number of nitrogens with zero attached hydrogens (tertiary/aromatic N) is 2. The number of para-hydroxylation sites is 1. The first-order chi connectivity index (χ1) is 14.4. The van der Waals surface area contributed by atoms with E-state index in [9.17, 15) is 14.4 Å². The number of hydrogen-bond donors (Lipinski definition) is 2. The number of hydrogen-bond acceptors (Lipinski definition) is 5. The van der Waals surface area contributed by atoms with Crippen LogP contribution in [0.5, 0.6) is 0 Å². The maximum absolute atomic E-state index is 12.5. The van der Waals surface area contributed by atoms with Crippen molar-refractivity contribution in [2.24, 2.45) is 5.92 Å². The van der Waals surface area contributed by atoms with Crippen molar-refractivity contribution in [3.63, 3.8) is 0 Å². The van der Waals surface area contributed by atoms with Crippen molar-refractivity contribution in [2.75, 3.05) is 17.2 Å². The highest BCUT2D eigenvalue weighted by atomic mass is 32.1. The average Bonchev–Trinajstić information content (AvgIpc) is 3.31. The highest BCUT2D eigenvalue weighted by Gasteiger charge is 2.35. The van der Waals surface area contributed by atoms with Gasteiger partial charge in [0, 0.05) is 30.3 Å². The zero-order valence-electron chi connectivity index (χ0n) is 16.7. The number of carbonyl (C=O) groups excluding carboxylic acids is 3. The van der Waals surface area contributed by atoms with Crippen molar-refractivity contribution in [3.05, 3.63) is 54.1 Å². The SMILES string of the molecule is CC(C)N1CC(C(=O)Nc2ccc(C(=O)Nc3nc4ccccc4s3)cc2)CC1=O. The molecular formula is C22H22N4O3S. The predicted octanol–water partition coefficient (Wildman–Crippen LogP) is 3.74. The van der Waals surface area contributed by atoms with Gasteiger partial charge in [0.05, 0.1) is 16.1 Å². The van der Waals surface area contributed by atoms with E-state index in [1.165, 1.54) is 11.3 Å². The summed E-state index contributed by atoms with van der Waals surface area (Å²) >= 11 is 1.42. The summed E-state index contributed by atoms with van der Waals surface area (Å²) in [5.74, 6) is -0.798. The van der Waals surface area contributed by atoms with E-state index in [4.69, 9.17) is 0 Å². The van der Waals surface area contributed by atoms with Crippen LogP contribution in [-0.4, -0.2) is 40.2 Å². The first-order valence-corrected chi connectivity index (χ1v) is 10.6. The minimum Gasteiger partial charge on any atom is -0.339 e. The number of amides is 3. The third-order valence-corrected chi connectivity index (χ3v) is 6.03. The standard InChI is InChI=1S/C22H22N4O3S/c1-13(2)26-12-15(11-19(26)27)21(29)23-16-9-7-14(8-10-16)20(28)25-22-24-17-5-3-4-6-18(17)30-22/h3-10,13,15H,11-12H2,1-2H3,(H,23,29)(H,24,25,28). The summed E-state index contributed by atoms with van der Waals surface area (Å²) in [4.78, 5) is 43.1. The van der Waals surface area contributed by atoms with E-state index in [1.54, 1.807) is 29.2 Å². The summed E-state index contributed by atoms with van der Waals surface area (Å²) in [5, 5.41) is 6.19. The Bertz CT molecular complexity index is 1070. The Labute approximate surface area is 178 Å². The molecule has 0 bridgehead atoms. The number of carbonyl (C=O) groups is 3. The van der Waals surface area contributed by atoms with Gasteiger partial charge in [-0.1, -0.05) is 23.5 Å². The monoisotopic (exact) mass is 422 g/mol. The van der Waals surface area contributed by atoms with Gasteiger partial charge in [0.1, 0.15) is 0 Å². The molecule has 0 saturated carbocycles. The number of likely N-dealkylation sites (tertiary alicyclic amines) is 1. The van der Waals surface area contributed by atoms with Gasteiger partial charge in [-0.3, -0.25) is 19.7 Å². The van der Waals surface area contributed by atoms with E-state index in [0.717, 1.165) is 10.2 Å². The van der Waals surface area contributed by atoms with Crippen molar-refractivity contribution in [1.82, 2.24) is 9.88 Å². The Balaban J connectivity index is 1.37. The minimum absolute atomic E-state index is 0.00650. The molecule has 0 aliphatic carbocycles. The smallest absolute Gasteiger partial charge is 0.257 e. The van der Waals surface area contributed by atoms with Crippen molar-refractivity contribution in [1.29, 1.82) is 0 Å². The quantitative estimate of drug-likeness (QED) is 0.655. The molecule has 2 N–H and O–H groups in total. The first kappa shape index (κ1) is 20.0. The lowest BCUT2D eigenvalue weighted by Crippen LogP contribution is -2.33. The lowest BCUT2D eigenvalue weighted by atomic mass is 10.1. The molecule has 154 valence electrons. The molecule has 2 aromatic carbocycles. The van der Waals surface area contributed by atoms with E-state index in [1.807, 2.05) is 38.1 Å². The van der Waals surface area contributed by atoms with Gasteiger partial charge in [-0.15, -0.1) is 0 Å². The number of anilines is 2. The number of rotatable bonds is 5. The average molecular weight is 423 g/mol. The van der Waals surface area contributed by atoms with Crippen LogP contribution in [0.15, 0.2) is 48.5 Å². The fourth-order valence-electron chi connectivity index (χ4n) is 3.45. The van der Waals surface area contributed by atoms with Crippen LogP contribution in [0, 0.1) is 5.92 Å². The molecule has 30 heavy (non-hydrogen) atoms. The highest BCUT2D eigenvalue weighted by Crippen LogP contribution is 2.26. The Morgan fingerprint density at radius 1 is 1.10 bits per heavy atom. The minimum atomic E-state index is -0.359. The fourth-order valence-corrected chi connectivity index (χ4v) is 4.31. The zero-order valence-corrected chi connectivity index (χ0v) is 17.5. The topological polar surface area (TPSA) is 91.4 Å². The molecule has 1 fully saturated rings. The number of aromatic nitrogens is 1. The van der Waals surface area contributed by atoms with Gasteiger partial charge in [-0.2, -0.15) is 0 Å². The third-order valence-electron chi connectivity index (χ3n) is 5.08. The Morgan fingerprint density at radius 2 is 1.83 bits per heavy atom. The lowest BCUT2D eigenvalue weighted by Gasteiger charge is -2.20. The maximum Gasteiger partial charge on any atom is 0.257 e. The number of fused-ring (bicyclic) bond motifs is 1. The molecular weight excluding hydrogens is 400 g/mol. The molecule has 2 heterocycles. The molecule has 0 radical (unpaired) electrons. The van der Waals surface area contributed by atoms with Crippen molar-refractivity contribution in [3.8, 4) is 0 Å². The number of nitrogens with one attached hydrogen (secondary N) is 2. The van der Waals surface area contributed by atoms with Crippen molar-refractivity contribution >= 4 is 50.1 Å². The van der Waals surface area contributed by atoms with E-state index < -0.39 is 0 Å². The molecule has 1 saturated heterocycles. The van der Waals surface area contributed by atoms with Crippen molar-refractivity contribution in [2.45, 2.75) is 26.3 Å². The molecule has 1 aliphatic rings.